The van der Waals surface area contributed by atoms with Crippen molar-refractivity contribution in [3.05, 3.63) is 31.5 Å². The van der Waals surface area contributed by atoms with Crippen molar-refractivity contribution in [1.82, 2.24) is 13.7 Å². The van der Waals surface area contributed by atoms with Crippen molar-refractivity contribution in [3.8, 4) is 0 Å². The van der Waals surface area contributed by atoms with Crippen LogP contribution in [0.15, 0.2) is 14.4 Å². The molecule has 0 bridgehead atoms. The molecule has 0 saturated heterocycles. The van der Waals surface area contributed by atoms with Crippen LogP contribution >= 0.6 is 0 Å². The molecule has 0 aliphatic rings. The zero-order valence-electron chi connectivity index (χ0n) is 30.0. The van der Waals surface area contributed by atoms with Gasteiger partial charge < -0.3 is 39.8 Å². The van der Waals surface area contributed by atoms with Gasteiger partial charge in [-0.05, 0) is 30.6 Å². The number of hydrogen-bond donors (Lipinski definition) is 0. The van der Waals surface area contributed by atoms with Gasteiger partial charge in [0.1, 0.15) is 16.5 Å². The molecule has 4 atom stereocenters. The summed E-state index contributed by atoms with van der Waals surface area (Å²) in [6, 6.07) is 0. The molecule has 0 N–H and O–H groups in total. The van der Waals surface area contributed by atoms with E-state index in [1.807, 2.05) is 34.6 Å². The van der Waals surface area contributed by atoms with Gasteiger partial charge in [-0.3, -0.25) is 0 Å². The molecule has 4 unspecified atom stereocenters. The van der Waals surface area contributed by atoms with Gasteiger partial charge in [-0.25, -0.2) is 28.1 Å². The van der Waals surface area contributed by atoms with Gasteiger partial charge in [0.05, 0.1) is 0 Å². The lowest BCUT2D eigenvalue weighted by molar-refractivity contribution is 0.00544. The SMILES string of the molecule is CCC(n1c(=O)n(C(CC)[Si](OC)(OC)OC)c(=O)n(C(C(C)C)(C(C)C(C)C)[Si](OC)(OC)OC)c1=O)[Si](OC)(OC)OC. The van der Waals surface area contributed by atoms with E-state index in [2.05, 4.69) is 0 Å². The first-order chi connectivity index (χ1) is 21.1. The molecular formula is C27H57N3O12Si3. The van der Waals surface area contributed by atoms with E-state index >= 15 is 9.59 Å². The van der Waals surface area contributed by atoms with Crippen molar-refractivity contribution in [2.24, 2.45) is 17.8 Å². The lowest BCUT2D eigenvalue weighted by atomic mass is 9.82. The fraction of sp³-hybridized carbons (Fsp3) is 0.889. The first-order valence-corrected chi connectivity index (χ1v) is 20.4. The summed E-state index contributed by atoms with van der Waals surface area (Å²) in [6.45, 7) is 13.2. The molecular weight excluding hydrogens is 643 g/mol. The van der Waals surface area contributed by atoms with E-state index in [9.17, 15) is 4.79 Å². The highest BCUT2D eigenvalue weighted by Crippen LogP contribution is 2.45. The molecule has 1 heterocycles. The minimum atomic E-state index is -4.02. The van der Waals surface area contributed by atoms with Gasteiger partial charge in [-0.1, -0.05) is 48.5 Å². The van der Waals surface area contributed by atoms with Crippen molar-refractivity contribution >= 4 is 26.4 Å². The molecule has 0 aliphatic carbocycles. The quantitative estimate of drug-likeness (QED) is 0.183. The summed E-state index contributed by atoms with van der Waals surface area (Å²) < 4.78 is 56.2. The lowest BCUT2D eigenvalue weighted by Gasteiger charge is -2.51. The van der Waals surface area contributed by atoms with Crippen LogP contribution in [0.1, 0.15) is 72.6 Å². The largest absolute Gasteiger partial charge is 0.528 e. The van der Waals surface area contributed by atoms with Gasteiger partial charge in [-0.15, -0.1) is 0 Å². The van der Waals surface area contributed by atoms with Gasteiger partial charge >= 0.3 is 43.5 Å². The molecule has 0 amide bonds. The summed E-state index contributed by atoms with van der Waals surface area (Å²) in [5.41, 5.74) is -4.82. The molecule has 0 aliphatic heterocycles. The lowest BCUT2D eigenvalue weighted by Crippen LogP contribution is -2.77. The highest BCUT2D eigenvalue weighted by molar-refractivity contribution is 6.63. The average Bonchev–Trinajstić information content (AvgIpc) is 3.04. The second-order valence-electron chi connectivity index (χ2n) is 11.4. The Morgan fingerprint density at radius 3 is 1.07 bits per heavy atom. The molecule has 1 aromatic rings. The highest BCUT2D eigenvalue weighted by Gasteiger charge is 2.68. The van der Waals surface area contributed by atoms with Crippen LogP contribution in [-0.4, -0.2) is 104 Å². The number of nitrogens with zero attached hydrogens (tertiary/aromatic N) is 3. The first-order valence-electron chi connectivity index (χ1n) is 15.1. The van der Waals surface area contributed by atoms with Gasteiger partial charge in [0.2, 0.25) is 0 Å². The Kier molecular flexibility index (Phi) is 15.5. The summed E-state index contributed by atoms with van der Waals surface area (Å²) in [7, 11) is 1.13. The second-order valence-corrected chi connectivity index (χ2v) is 20.7. The fourth-order valence-electron chi connectivity index (χ4n) is 6.93. The van der Waals surface area contributed by atoms with E-state index < -0.39 is 71.8 Å². The van der Waals surface area contributed by atoms with Crippen LogP contribution in [0, 0.1) is 17.8 Å². The predicted octanol–water partition coefficient (Wildman–Crippen LogP) is 1.97. The van der Waals surface area contributed by atoms with Crippen LogP contribution in [0.2, 0.25) is 0 Å². The smallest absolute Gasteiger partial charge is 0.376 e. The third kappa shape index (κ3) is 6.45. The van der Waals surface area contributed by atoms with Crippen molar-refractivity contribution in [3.63, 3.8) is 0 Å². The molecule has 18 heteroatoms. The van der Waals surface area contributed by atoms with E-state index in [1.165, 1.54) is 64.0 Å². The summed E-state index contributed by atoms with van der Waals surface area (Å²) in [5, 5.41) is -1.53. The van der Waals surface area contributed by atoms with Crippen molar-refractivity contribution < 1.29 is 39.8 Å². The summed E-state index contributed by atoms with van der Waals surface area (Å²) in [5.74, 6) is -1.06. The Morgan fingerprint density at radius 1 is 0.556 bits per heavy atom. The van der Waals surface area contributed by atoms with Crippen molar-refractivity contribution in [2.45, 2.75) is 77.8 Å². The zero-order valence-corrected chi connectivity index (χ0v) is 33.0. The zero-order chi connectivity index (χ0) is 35.1. The van der Waals surface area contributed by atoms with Gasteiger partial charge in [0.15, 0.2) is 0 Å². The predicted molar refractivity (Wildman–Crippen MR) is 175 cm³/mol. The normalized spacial score (nSPS) is 16.7. The second kappa shape index (κ2) is 16.7. The molecule has 45 heavy (non-hydrogen) atoms. The summed E-state index contributed by atoms with van der Waals surface area (Å²) in [6.07, 6.45) is 0.367. The summed E-state index contributed by atoms with van der Waals surface area (Å²) >= 11 is 0. The van der Waals surface area contributed by atoms with E-state index in [4.69, 9.17) is 39.8 Å². The van der Waals surface area contributed by atoms with Gasteiger partial charge in [0.25, 0.3) is 0 Å². The third-order valence-electron chi connectivity index (χ3n) is 9.37. The maximum Gasteiger partial charge on any atom is 0.528 e. The Hall–Kier alpha value is -1.30. The number of rotatable bonds is 20. The van der Waals surface area contributed by atoms with Crippen molar-refractivity contribution in [1.29, 1.82) is 0 Å². The molecule has 0 radical (unpaired) electrons. The Bertz CT molecular complexity index is 1170. The van der Waals surface area contributed by atoms with Gasteiger partial charge in [-0.2, -0.15) is 0 Å². The molecule has 0 spiro atoms. The van der Waals surface area contributed by atoms with E-state index in [0.717, 1.165) is 13.7 Å². The fourth-order valence-corrected chi connectivity index (χ4v) is 15.2. The average molecular weight is 700 g/mol. The molecule has 1 rings (SSSR count). The minimum Gasteiger partial charge on any atom is -0.376 e. The maximum absolute atomic E-state index is 15.1. The Labute approximate surface area is 270 Å². The van der Waals surface area contributed by atoms with Crippen LogP contribution in [0.4, 0.5) is 0 Å². The number of aromatic nitrogens is 3. The first kappa shape index (κ1) is 41.7. The monoisotopic (exact) mass is 699 g/mol. The highest BCUT2D eigenvalue weighted by atomic mass is 28.4. The molecule has 15 nitrogen and oxygen atoms in total. The van der Waals surface area contributed by atoms with E-state index in [-0.39, 0.29) is 18.8 Å². The van der Waals surface area contributed by atoms with Gasteiger partial charge in [0, 0.05) is 64.0 Å². The standard InChI is InChI=1S/C27H57N3O12Si3/c1-17-22(43(34-8,35-9)36-10)28-24(31)29(23(18-2)44(37-11,38-12)39-13)26(33)30(25(28)32)27(20(5)6,21(7)19(3)4)45(40-14,41-15)42-16/h19-23H,17-18H2,1-16H3. The van der Waals surface area contributed by atoms with E-state index in [0.29, 0.717) is 0 Å². The molecule has 0 aromatic carbocycles. The van der Waals surface area contributed by atoms with Crippen molar-refractivity contribution in [2.75, 3.05) is 64.0 Å². The maximum atomic E-state index is 15.1. The molecule has 0 saturated carbocycles. The van der Waals surface area contributed by atoms with Crippen LogP contribution in [0.5, 0.6) is 0 Å². The Morgan fingerprint density at radius 2 is 0.867 bits per heavy atom. The van der Waals surface area contributed by atoms with Crippen LogP contribution in [-0.2, 0) is 45.0 Å². The van der Waals surface area contributed by atoms with Crippen LogP contribution in [0.25, 0.3) is 0 Å². The molecule has 264 valence electrons. The molecule has 1 aromatic heterocycles. The van der Waals surface area contributed by atoms with E-state index in [1.54, 1.807) is 13.8 Å². The number of hydrogen-bond acceptors (Lipinski definition) is 12. The molecule has 0 fully saturated rings. The minimum absolute atomic E-state index is 0.112. The topological polar surface area (TPSA) is 149 Å². The van der Waals surface area contributed by atoms with Crippen LogP contribution < -0.4 is 17.1 Å². The third-order valence-corrected chi connectivity index (χ3v) is 19.6. The Balaban J connectivity index is 5.05. The summed E-state index contributed by atoms with van der Waals surface area (Å²) in [4.78, 5) is 45.0. The van der Waals surface area contributed by atoms with Crippen LogP contribution in [0.3, 0.4) is 0 Å².